The molecule has 0 aliphatic carbocycles. The van der Waals surface area contributed by atoms with Crippen molar-refractivity contribution in [2.24, 2.45) is 0 Å². The van der Waals surface area contributed by atoms with Crippen LogP contribution in [-0.2, 0) is 0 Å². The molecule has 0 aliphatic heterocycles. The highest BCUT2D eigenvalue weighted by Crippen LogP contribution is 2.43. The van der Waals surface area contributed by atoms with Crippen molar-refractivity contribution >= 4 is 65.6 Å². The van der Waals surface area contributed by atoms with E-state index in [1.54, 1.807) is 0 Å². The van der Waals surface area contributed by atoms with Gasteiger partial charge in [-0.1, -0.05) is 133 Å². The first-order chi connectivity index (χ1) is 27.8. The summed E-state index contributed by atoms with van der Waals surface area (Å²) < 4.78 is 13.4. The summed E-state index contributed by atoms with van der Waals surface area (Å²) in [5, 5.41) is 16.7. The largest absolute Gasteiger partial charge is 0.456 e. The summed E-state index contributed by atoms with van der Waals surface area (Å²) in [6, 6.07) is 66.2. The second-order valence-corrected chi connectivity index (χ2v) is 14.2. The van der Waals surface area contributed by atoms with E-state index < -0.39 is 0 Å². The highest BCUT2D eigenvalue weighted by molar-refractivity contribution is 6.27. The van der Waals surface area contributed by atoms with Crippen LogP contribution in [0.25, 0.3) is 105 Å². The first-order valence-electron chi connectivity index (χ1n) is 18.8. The molecule has 4 heterocycles. The summed E-state index contributed by atoms with van der Waals surface area (Å²) in [7, 11) is 0. The Kier molecular flexibility index (Phi) is 6.53. The smallest absolute Gasteiger partial charge is 0.168 e. The maximum absolute atomic E-state index is 6.37. The van der Waals surface area contributed by atoms with Gasteiger partial charge in [0.25, 0.3) is 0 Å². The van der Waals surface area contributed by atoms with Gasteiger partial charge in [0.05, 0.1) is 27.8 Å². The Labute approximate surface area is 320 Å². The first-order valence-corrected chi connectivity index (χ1v) is 18.8. The van der Waals surface area contributed by atoms with Crippen molar-refractivity contribution in [1.29, 1.82) is 0 Å². The summed E-state index contributed by atoms with van der Waals surface area (Å²) in [6.45, 7) is 0. The van der Waals surface area contributed by atoms with Crippen LogP contribution in [0.2, 0.25) is 0 Å². The molecule has 0 fully saturated rings. The van der Waals surface area contributed by atoms with E-state index in [0.29, 0.717) is 0 Å². The van der Waals surface area contributed by atoms with Gasteiger partial charge in [-0.15, -0.1) is 10.2 Å². The lowest BCUT2D eigenvalue weighted by molar-refractivity contribution is 0.669. The van der Waals surface area contributed by atoms with Gasteiger partial charge in [0.15, 0.2) is 11.6 Å². The maximum atomic E-state index is 6.37. The molecular formula is C50H31N5O. The van der Waals surface area contributed by atoms with Crippen molar-refractivity contribution in [2.75, 3.05) is 0 Å². The fourth-order valence-electron chi connectivity index (χ4n) is 8.83. The Hall–Kier alpha value is -7.70. The van der Waals surface area contributed by atoms with Gasteiger partial charge in [0, 0.05) is 54.8 Å². The Morgan fingerprint density at radius 3 is 1.66 bits per heavy atom. The van der Waals surface area contributed by atoms with Crippen molar-refractivity contribution in [2.45, 2.75) is 0 Å². The van der Waals surface area contributed by atoms with Gasteiger partial charge in [-0.25, -0.2) is 0 Å². The zero-order valence-corrected chi connectivity index (χ0v) is 30.0. The molecule has 0 bridgehead atoms. The highest BCUT2D eigenvalue weighted by atomic mass is 16.3. The van der Waals surface area contributed by atoms with Gasteiger partial charge in [-0.3, -0.25) is 4.57 Å². The minimum atomic E-state index is 0.783. The number of hydrogen-bond donors (Lipinski definition) is 0. The standard InChI is InChI=1S/C50H31N5O/c1-3-15-32(16-4-1)49-51-52-50(33-17-5-2-6-18-33)55(49)43-27-14-24-37-36-21-7-10-25-40(36)54(48(37)43)35-20-13-19-34(31-35)53-41-26-11-8-22-38(41)46-42(53)29-30-45-47(46)39-23-9-12-28-44(39)56-45/h1-31H. The summed E-state index contributed by atoms with van der Waals surface area (Å²) >= 11 is 0. The van der Waals surface area contributed by atoms with Crippen LogP contribution in [0.15, 0.2) is 192 Å². The number of benzene rings is 8. The van der Waals surface area contributed by atoms with Gasteiger partial charge in [0.1, 0.15) is 11.2 Å². The van der Waals surface area contributed by atoms with E-state index >= 15 is 0 Å². The van der Waals surface area contributed by atoms with Gasteiger partial charge in [-0.05, 0) is 54.6 Å². The Bertz CT molecular complexity index is 3420. The third-order valence-corrected chi connectivity index (χ3v) is 11.2. The molecule has 56 heavy (non-hydrogen) atoms. The highest BCUT2D eigenvalue weighted by Gasteiger charge is 2.24. The number of furan rings is 1. The van der Waals surface area contributed by atoms with Crippen LogP contribution >= 0.6 is 0 Å². The van der Waals surface area contributed by atoms with E-state index in [1.165, 1.54) is 16.2 Å². The quantitative estimate of drug-likeness (QED) is 0.178. The van der Waals surface area contributed by atoms with Crippen LogP contribution in [0.5, 0.6) is 0 Å². The topological polar surface area (TPSA) is 53.7 Å². The number of hydrogen-bond acceptors (Lipinski definition) is 3. The predicted octanol–water partition coefficient (Wildman–Crippen LogP) is 12.7. The van der Waals surface area contributed by atoms with Crippen molar-refractivity contribution in [3.05, 3.63) is 188 Å². The molecule has 12 rings (SSSR count). The lowest BCUT2D eigenvalue weighted by Gasteiger charge is -2.16. The number of para-hydroxylation sites is 4. The van der Waals surface area contributed by atoms with E-state index in [1.807, 2.05) is 42.5 Å². The molecule has 4 aromatic heterocycles. The molecular weight excluding hydrogens is 687 g/mol. The van der Waals surface area contributed by atoms with Gasteiger partial charge in [0.2, 0.25) is 0 Å². The van der Waals surface area contributed by atoms with Crippen LogP contribution in [0.1, 0.15) is 0 Å². The van der Waals surface area contributed by atoms with E-state index in [9.17, 15) is 0 Å². The Morgan fingerprint density at radius 1 is 0.357 bits per heavy atom. The SMILES string of the molecule is c1ccc(-c2nnc(-c3ccccc3)n2-c2cccc3c4ccccc4n(-c4cccc(-n5c6ccccc6c6c7c(ccc65)oc5ccccc57)c4)c23)cc1. The van der Waals surface area contributed by atoms with Gasteiger partial charge < -0.3 is 13.6 Å². The van der Waals surface area contributed by atoms with E-state index in [0.717, 1.165) is 89.2 Å². The fourth-order valence-corrected chi connectivity index (χ4v) is 8.83. The minimum absolute atomic E-state index is 0.783. The molecule has 6 heteroatoms. The average molecular weight is 718 g/mol. The third kappa shape index (κ3) is 4.38. The van der Waals surface area contributed by atoms with Crippen molar-refractivity contribution in [3.63, 3.8) is 0 Å². The molecule has 8 aromatic carbocycles. The van der Waals surface area contributed by atoms with Crippen LogP contribution in [-0.4, -0.2) is 23.9 Å². The fraction of sp³-hybridized carbons (Fsp3) is 0. The van der Waals surface area contributed by atoms with Crippen molar-refractivity contribution < 1.29 is 4.42 Å². The molecule has 6 nitrogen and oxygen atoms in total. The first kappa shape index (κ1) is 30.7. The molecule has 0 saturated carbocycles. The molecule has 0 N–H and O–H groups in total. The second-order valence-electron chi connectivity index (χ2n) is 14.2. The maximum Gasteiger partial charge on any atom is 0.168 e. The van der Waals surface area contributed by atoms with Gasteiger partial charge >= 0.3 is 0 Å². The second kappa shape index (κ2) is 11.9. The molecule has 0 atom stereocenters. The molecule has 0 unspecified atom stereocenters. The molecule has 12 aromatic rings. The van der Waals surface area contributed by atoms with Crippen LogP contribution in [0.4, 0.5) is 0 Å². The lowest BCUT2D eigenvalue weighted by Crippen LogP contribution is -2.04. The lowest BCUT2D eigenvalue weighted by atomic mass is 10.1. The van der Waals surface area contributed by atoms with Crippen LogP contribution in [0, 0.1) is 0 Å². The van der Waals surface area contributed by atoms with Crippen LogP contribution in [0.3, 0.4) is 0 Å². The predicted molar refractivity (Wildman–Crippen MR) is 228 cm³/mol. The molecule has 0 radical (unpaired) electrons. The number of fused-ring (bicyclic) bond motifs is 10. The number of nitrogens with zero attached hydrogens (tertiary/aromatic N) is 5. The van der Waals surface area contributed by atoms with Crippen molar-refractivity contribution in [3.8, 4) is 39.8 Å². The van der Waals surface area contributed by atoms with Crippen molar-refractivity contribution in [1.82, 2.24) is 23.9 Å². The molecule has 0 spiro atoms. The van der Waals surface area contributed by atoms with E-state index in [4.69, 9.17) is 14.6 Å². The molecule has 0 aliphatic rings. The van der Waals surface area contributed by atoms with E-state index in [2.05, 4.69) is 159 Å². The molecule has 262 valence electrons. The summed E-state index contributed by atoms with van der Waals surface area (Å²) in [5.41, 5.74) is 11.4. The Balaban J connectivity index is 1.15. The monoisotopic (exact) mass is 717 g/mol. The van der Waals surface area contributed by atoms with Gasteiger partial charge in [-0.2, -0.15) is 0 Å². The number of aromatic nitrogens is 5. The molecule has 0 amide bonds. The van der Waals surface area contributed by atoms with Crippen LogP contribution < -0.4 is 0 Å². The molecule has 0 saturated heterocycles. The zero-order valence-electron chi connectivity index (χ0n) is 30.0. The third-order valence-electron chi connectivity index (χ3n) is 11.2. The Morgan fingerprint density at radius 2 is 0.929 bits per heavy atom. The summed E-state index contributed by atoms with van der Waals surface area (Å²) in [6.07, 6.45) is 0. The summed E-state index contributed by atoms with van der Waals surface area (Å²) in [4.78, 5) is 0. The average Bonchev–Trinajstić information content (AvgIpc) is 4.04. The summed E-state index contributed by atoms with van der Waals surface area (Å²) in [5.74, 6) is 1.57. The van der Waals surface area contributed by atoms with E-state index in [-0.39, 0.29) is 0 Å². The number of rotatable bonds is 5. The zero-order chi connectivity index (χ0) is 36.7. The normalized spacial score (nSPS) is 11.9. The minimum Gasteiger partial charge on any atom is -0.456 e.